The molecule has 0 aromatic rings. The number of unbranched alkanes of at least 4 members (excludes halogenated alkanes) is 5. The van der Waals surface area contributed by atoms with E-state index < -0.39 is 43.1 Å². The molecule has 0 radical (unpaired) electrons. The molecule has 0 aliphatic carbocycles. The minimum Gasteiger partial charge on any atom is -0.454 e. The number of carbonyl (C=O) groups excluding carboxylic acids is 4. The highest BCUT2D eigenvalue weighted by atomic mass is 16.6. The zero-order valence-corrected chi connectivity index (χ0v) is 18.2. The fourth-order valence-corrected chi connectivity index (χ4v) is 2.42. The van der Waals surface area contributed by atoms with Crippen molar-refractivity contribution in [3.63, 3.8) is 0 Å². The Morgan fingerprint density at radius 1 is 0.800 bits per heavy atom. The Morgan fingerprint density at radius 3 is 2.07 bits per heavy atom. The van der Waals surface area contributed by atoms with E-state index in [0.717, 1.165) is 45.8 Å². The SMILES string of the molecule is CC(=O)OCC(=O)OCC(=O)OC(C)C(=O)NCCCNCCCCCCCCN. The molecule has 0 spiro atoms. The van der Waals surface area contributed by atoms with E-state index in [-0.39, 0.29) is 0 Å². The van der Waals surface area contributed by atoms with Crippen molar-refractivity contribution in [2.24, 2.45) is 5.73 Å². The molecule has 0 aliphatic heterocycles. The lowest BCUT2D eigenvalue weighted by Crippen LogP contribution is -2.38. The molecule has 0 saturated heterocycles. The standard InChI is InChI=1S/C20H37N3O7/c1-16(30-19(26)15-29-18(25)14-28-17(2)24)20(27)23-13-9-12-22-11-8-6-4-3-5-7-10-21/h16,22H,3-15,21H2,1-2H3,(H,23,27). The molecule has 0 aromatic carbocycles. The van der Waals surface area contributed by atoms with E-state index in [0.29, 0.717) is 6.54 Å². The van der Waals surface area contributed by atoms with Crippen LogP contribution in [0.25, 0.3) is 0 Å². The van der Waals surface area contributed by atoms with E-state index in [9.17, 15) is 19.2 Å². The number of ether oxygens (including phenoxy) is 3. The molecular formula is C20H37N3O7. The quantitative estimate of drug-likeness (QED) is 0.160. The molecule has 1 unspecified atom stereocenters. The Balaban J connectivity index is 3.62. The summed E-state index contributed by atoms with van der Waals surface area (Å²) in [5, 5.41) is 6.02. The molecule has 0 heterocycles. The van der Waals surface area contributed by atoms with Crippen LogP contribution in [0.5, 0.6) is 0 Å². The van der Waals surface area contributed by atoms with Crippen LogP contribution in [-0.4, -0.2) is 69.3 Å². The normalized spacial score (nSPS) is 11.4. The summed E-state index contributed by atoms with van der Waals surface area (Å²) < 4.78 is 13.9. The average Bonchev–Trinajstić information content (AvgIpc) is 2.71. The molecule has 4 N–H and O–H groups in total. The predicted molar refractivity (Wildman–Crippen MR) is 110 cm³/mol. The van der Waals surface area contributed by atoms with Gasteiger partial charge in [0.25, 0.3) is 5.91 Å². The second-order valence-electron chi connectivity index (χ2n) is 6.88. The van der Waals surface area contributed by atoms with E-state index in [1.165, 1.54) is 32.6 Å². The first-order valence-corrected chi connectivity index (χ1v) is 10.5. The Kier molecular flexibility index (Phi) is 17.4. The van der Waals surface area contributed by atoms with Gasteiger partial charge >= 0.3 is 17.9 Å². The van der Waals surface area contributed by atoms with Gasteiger partial charge in [-0.3, -0.25) is 9.59 Å². The van der Waals surface area contributed by atoms with Crippen LogP contribution in [0.2, 0.25) is 0 Å². The Labute approximate surface area is 178 Å². The highest BCUT2D eigenvalue weighted by molar-refractivity contribution is 5.84. The third kappa shape index (κ3) is 17.9. The van der Waals surface area contributed by atoms with Crippen molar-refractivity contribution in [3.8, 4) is 0 Å². The largest absolute Gasteiger partial charge is 0.454 e. The number of nitrogens with two attached hydrogens (primary N) is 1. The maximum absolute atomic E-state index is 11.9. The van der Waals surface area contributed by atoms with Gasteiger partial charge in [0.05, 0.1) is 0 Å². The van der Waals surface area contributed by atoms with Crippen molar-refractivity contribution in [3.05, 3.63) is 0 Å². The highest BCUT2D eigenvalue weighted by Gasteiger charge is 2.18. The number of rotatable bonds is 18. The number of esters is 3. The van der Waals surface area contributed by atoms with Crippen molar-refractivity contribution >= 4 is 23.8 Å². The van der Waals surface area contributed by atoms with E-state index in [1.807, 2.05) is 0 Å². The second-order valence-corrected chi connectivity index (χ2v) is 6.88. The summed E-state index contributed by atoms with van der Waals surface area (Å²) in [5.41, 5.74) is 5.46. The maximum Gasteiger partial charge on any atom is 0.345 e. The van der Waals surface area contributed by atoms with Gasteiger partial charge in [-0.15, -0.1) is 0 Å². The number of nitrogens with one attached hydrogen (secondary N) is 2. The predicted octanol–water partition coefficient (Wildman–Crippen LogP) is 0.420. The molecule has 0 aromatic heterocycles. The minimum absolute atomic E-state index is 0.424. The van der Waals surface area contributed by atoms with Crippen LogP contribution in [0.4, 0.5) is 0 Å². The summed E-state index contributed by atoms with van der Waals surface area (Å²) in [5.74, 6) is -2.80. The summed E-state index contributed by atoms with van der Waals surface area (Å²) >= 11 is 0. The summed E-state index contributed by atoms with van der Waals surface area (Å²) in [4.78, 5) is 45.2. The van der Waals surface area contributed by atoms with Gasteiger partial charge in [-0.2, -0.15) is 0 Å². The van der Waals surface area contributed by atoms with Crippen LogP contribution >= 0.6 is 0 Å². The maximum atomic E-state index is 11.9. The van der Waals surface area contributed by atoms with E-state index in [2.05, 4.69) is 20.1 Å². The zero-order chi connectivity index (χ0) is 22.6. The van der Waals surface area contributed by atoms with Crippen LogP contribution in [0.3, 0.4) is 0 Å². The molecule has 10 heteroatoms. The van der Waals surface area contributed by atoms with Gasteiger partial charge in [-0.25, -0.2) is 9.59 Å². The molecule has 1 amide bonds. The molecule has 0 bridgehead atoms. The van der Waals surface area contributed by atoms with Gasteiger partial charge < -0.3 is 30.6 Å². The number of carbonyl (C=O) groups is 4. The van der Waals surface area contributed by atoms with Crippen molar-refractivity contribution in [1.82, 2.24) is 10.6 Å². The van der Waals surface area contributed by atoms with Gasteiger partial charge in [0, 0.05) is 13.5 Å². The number of hydrogen-bond donors (Lipinski definition) is 3. The van der Waals surface area contributed by atoms with E-state index >= 15 is 0 Å². The molecule has 1 atom stereocenters. The first-order chi connectivity index (χ1) is 14.4. The lowest BCUT2D eigenvalue weighted by Gasteiger charge is -2.13. The van der Waals surface area contributed by atoms with Crippen LogP contribution in [0.1, 0.15) is 58.8 Å². The van der Waals surface area contributed by atoms with Crippen LogP contribution in [0, 0.1) is 0 Å². The lowest BCUT2D eigenvalue weighted by molar-refractivity contribution is -0.167. The zero-order valence-electron chi connectivity index (χ0n) is 18.2. The van der Waals surface area contributed by atoms with Crippen molar-refractivity contribution < 1.29 is 33.4 Å². The van der Waals surface area contributed by atoms with Crippen molar-refractivity contribution in [1.29, 1.82) is 0 Å². The highest BCUT2D eigenvalue weighted by Crippen LogP contribution is 2.03. The van der Waals surface area contributed by atoms with Crippen LogP contribution < -0.4 is 16.4 Å². The molecule has 0 aliphatic rings. The second kappa shape index (κ2) is 18.8. The Morgan fingerprint density at radius 2 is 1.40 bits per heavy atom. The summed E-state index contributed by atoms with van der Waals surface area (Å²) in [6.07, 6.45) is 6.88. The Hall–Kier alpha value is -2.20. The van der Waals surface area contributed by atoms with Gasteiger partial charge in [0.2, 0.25) is 0 Å². The van der Waals surface area contributed by atoms with Gasteiger partial charge in [-0.05, 0) is 45.8 Å². The first-order valence-electron chi connectivity index (χ1n) is 10.5. The summed E-state index contributed by atoms with van der Waals surface area (Å²) in [6, 6.07) is 0. The monoisotopic (exact) mass is 431 g/mol. The number of amides is 1. The summed E-state index contributed by atoms with van der Waals surface area (Å²) in [7, 11) is 0. The smallest absolute Gasteiger partial charge is 0.345 e. The van der Waals surface area contributed by atoms with Gasteiger partial charge in [0.1, 0.15) is 0 Å². The number of hydrogen-bond acceptors (Lipinski definition) is 9. The third-order valence-electron chi connectivity index (χ3n) is 4.06. The molecule has 0 fully saturated rings. The molecule has 0 saturated carbocycles. The lowest BCUT2D eigenvalue weighted by atomic mass is 10.1. The molecule has 174 valence electrons. The molecule has 0 rings (SSSR count). The van der Waals surface area contributed by atoms with Crippen molar-refractivity contribution in [2.45, 2.75) is 64.9 Å². The van der Waals surface area contributed by atoms with E-state index in [4.69, 9.17) is 10.5 Å². The molecule has 10 nitrogen and oxygen atoms in total. The fourth-order valence-electron chi connectivity index (χ4n) is 2.42. The Bertz CT molecular complexity index is 515. The molecular weight excluding hydrogens is 394 g/mol. The van der Waals surface area contributed by atoms with Crippen molar-refractivity contribution in [2.75, 3.05) is 39.4 Å². The topological polar surface area (TPSA) is 146 Å². The van der Waals surface area contributed by atoms with Gasteiger partial charge in [0.15, 0.2) is 19.3 Å². The van der Waals surface area contributed by atoms with E-state index in [1.54, 1.807) is 0 Å². The molecule has 30 heavy (non-hydrogen) atoms. The third-order valence-corrected chi connectivity index (χ3v) is 4.06. The average molecular weight is 432 g/mol. The minimum atomic E-state index is -1.00. The fraction of sp³-hybridized carbons (Fsp3) is 0.800. The summed E-state index contributed by atoms with van der Waals surface area (Å²) in [6.45, 7) is 4.31. The van der Waals surface area contributed by atoms with Crippen LogP contribution in [0.15, 0.2) is 0 Å². The van der Waals surface area contributed by atoms with Crippen LogP contribution in [-0.2, 0) is 33.4 Å². The van der Waals surface area contributed by atoms with Gasteiger partial charge in [-0.1, -0.05) is 25.7 Å². The first kappa shape index (κ1) is 27.8.